The molecule has 8 aromatic rings. The van der Waals surface area contributed by atoms with Crippen LogP contribution < -0.4 is 41.5 Å². The molecule has 0 bridgehead atoms. The van der Waals surface area contributed by atoms with Gasteiger partial charge >= 0.3 is 0 Å². The second-order valence-electron chi connectivity index (χ2n) is 17.8. The summed E-state index contributed by atoms with van der Waals surface area (Å²) in [5.74, 6) is 0. The minimum atomic E-state index is -2.76. The van der Waals surface area contributed by atoms with E-state index in [1.807, 2.05) is 0 Å². The molecule has 2 heteroatoms. The van der Waals surface area contributed by atoms with Crippen molar-refractivity contribution in [2.75, 3.05) is 0 Å². The molecule has 0 saturated carbocycles. The lowest BCUT2D eigenvalue weighted by atomic mass is 9.85. The molecule has 8 aromatic carbocycles. The molecule has 0 unspecified atom stereocenters. The maximum absolute atomic E-state index is 2.76. The van der Waals surface area contributed by atoms with Crippen LogP contribution in [-0.4, -0.2) is 16.1 Å². The smallest absolute Gasteiger partial charge is 0.0623 e. The zero-order valence-corrected chi connectivity index (χ0v) is 36.8. The van der Waals surface area contributed by atoms with Crippen molar-refractivity contribution in [3.05, 3.63) is 230 Å². The van der Waals surface area contributed by atoms with Gasteiger partial charge in [0.05, 0.1) is 0 Å². The van der Waals surface area contributed by atoms with Gasteiger partial charge in [-0.2, -0.15) is 0 Å². The summed E-state index contributed by atoms with van der Waals surface area (Å²) in [6.45, 7) is 13.9. The van der Waals surface area contributed by atoms with Crippen molar-refractivity contribution in [2.45, 2.75) is 52.4 Å². The minimum absolute atomic E-state index is 0.0587. The van der Waals surface area contributed by atoms with E-state index in [4.69, 9.17) is 0 Å². The second-order valence-corrected chi connectivity index (χ2v) is 25.4. The van der Waals surface area contributed by atoms with Crippen LogP contribution in [0.5, 0.6) is 0 Å². The van der Waals surface area contributed by atoms with Gasteiger partial charge in [-0.05, 0) is 74.6 Å². The van der Waals surface area contributed by atoms with Crippen LogP contribution in [0.3, 0.4) is 0 Å². The molecule has 0 atom stereocenters. The lowest BCUT2D eigenvalue weighted by Gasteiger charge is -2.36. The number of benzene rings is 8. The van der Waals surface area contributed by atoms with Crippen LogP contribution in [0.1, 0.15) is 52.7 Å². The van der Waals surface area contributed by atoms with E-state index in [0.29, 0.717) is 0 Å². The van der Waals surface area contributed by atoms with Gasteiger partial charge in [-0.1, -0.05) is 260 Å². The molecular formula is C56H54Si2. The minimum Gasteiger partial charge on any atom is -0.0623 e. The Morgan fingerprint density at radius 2 is 0.534 bits per heavy atom. The van der Waals surface area contributed by atoms with Gasteiger partial charge < -0.3 is 0 Å². The molecule has 8 rings (SSSR count). The molecule has 0 fully saturated rings. The first kappa shape index (κ1) is 39.0. The maximum Gasteiger partial charge on any atom is 0.179 e. The van der Waals surface area contributed by atoms with E-state index in [-0.39, 0.29) is 10.8 Å². The lowest BCUT2D eigenvalue weighted by Crippen LogP contribution is -2.74. The van der Waals surface area contributed by atoms with E-state index in [9.17, 15) is 0 Å². The summed E-state index contributed by atoms with van der Waals surface area (Å²) >= 11 is 0. The zero-order chi connectivity index (χ0) is 40.4. The molecule has 0 aliphatic carbocycles. The van der Waals surface area contributed by atoms with Gasteiger partial charge in [0, 0.05) is 0 Å². The fraction of sp³-hybridized carbons (Fsp3) is 0.143. The van der Waals surface area contributed by atoms with E-state index >= 15 is 0 Å². The molecule has 0 aliphatic heterocycles. The third-order valence-corrected chi connectivity index (χ3v) is 21.7. The Morgan fingerprint density at radius 1 is 0.241 bits per heavy atom. The Bertz CT molecular complexity index is 2430. The summed E-state index contributed by atoms with van der Waals surface area (Å²) < 4.78 is 0. The summed E-state index contributed by atoms with van der Waals surface area (Å²) in [5, 5.41) is 11.1. The Labute approximate surface area is 349 Å². The predicted octanol–water partition coefficient (Wildman–Crippen LogP) is 8.70. The molecular weight excluding hydrogens is 729 g/mol. The third kappa shape index (κ3) is 7.17. The van der Waals surface area contributed by atoms with Crippen LogP contribution in [0.25, 0.3) is 11.1 Å². The molecule has 0 aromatic heterocycles. The molecule has 0 radical (unpaired) electrons. The average Bonchev–Trinajstić information content (AvgIpc) is 3.26. The zero-order valence-electron chi connectivity index (χ0n) is 34.8. The van der Waals surface area contributed by atoms with Crippen LogP contribution in [0, 0.1) is 0 Å². The molecule has 0 spiro atoms. The topological polar surface area (TPSA) is 0 Å². The highest BCUT2D eigenvalue weighted by Gasteiger charge is 2.43. The van der Waals surface area contributed by atoms with Crippen LogP contribution in [0.4, 0.5) is 0 Å². The summed E-state index contributed by atoms with van der Waals surface area (Å²) in [6.07, 6.45) is 0. The predicted molar refractivity (Wildman–Crippen MR) is 257 cm³/mol. The number of hydrogen-bond acceptors (Lipinski definition) is 0. The van der Waals surface area contributed by atoms with Gasteiger partial charge in [0.1, 0.15) is 0 Å². The number of hydrogen-bond donors (Lipinski definition) is 0. The van der Waals surface area contributed by atoms with Crippen molar-refractivity contribution in [3.63, 3.8) is 0 Å². The Morgan fingerprint density at radius 3 is 0.862 bits per heavy atom. The quantitative estimate of drug-likeness (QED) is 0.102. The van der Waals surface area contributed by atoms with Crippen molar-refractivity contribution in [3.8, 4) is 11.1 Å². The molecule has 286 valence electrons. The fourth-order valence-corrected chi connectivity index (χ4v) is 18.6. The van der Waals surface area contributed by atoms with E-state index in [0.717, 1.165) is 0 Å². The summed E-state index contributed by atoms with van der Waals surface area (Å²) in [6, 6.07) is 83.1. The Kier molecular flexibility index (Phi) is 10.7. The standard InChI is InChI=1S/C56H54Si2/c1-55(2,3)45-34-38-53(39-35-45)57(47-22-12-7-13-23-47,48-24-14-8-15-25-48)52-36-32-43(33-37-52)44-40-46(56(4,5)6)42-54(41-44)58(49-26-16-9-17-27-49,50-28-18-10-19-29-50)51-30-20-11-21-31-51/h7-42H,1-6H3. The highest BCUT2D eigenvalue weighted by atomic mass is 28.3. The van der Waals surface area contributed by atoms with Crippen molar-refractivity contribution >= 4 is 57.6 Å². The van der Waals surface area contributed by atoms with Gasteiger partial charge in [-0.15, -0.1) is 0 Å². The summed E-state index contributed by atoms with van der Waals surface area (Å²) in [4.78, 5) is 0. The van der Waals surface area contributed by atoms with E-state index < -0.39 is 16.1 Å². The van der Waals surface area contributed by atoms with Gasteiger partial charge in [-0.25, -0.2) is 0 Å². The number of rotatable bonds is 9. The lowest BCUT2D eigenvalue weighted by molar-refractivity contribution is 0.590. The molecule has 0 heterocycles. The van der Waals surface area contributed by atoms with Gasteiger partial charge in [-0.3, -0.25) is 0 Å². The van der Waals surface area contributed by atoms with Crippen LogP contribution in [0.2, 0.25) is 0 Å². The molecule has 0 amide bonds. The first-order chi connectivity index (χ1) is 28.0. The van der Waals surface area contributed by atoms with Crippen molar-refractivity contribution in [1.29, 1.82) is 0 Å². The SMILES string of the molecule is CC(C)(C)c1ccc([Si](c2ccccc2)(c2ccccc2)c2ccc(-c3cc(C(C)(C)C)cc([Si](c4ccccc4)(c4ccccc4)c4ccccc4)c3)cc2)cc1. The highest BCUT2D eigenvalue weighted by Crippen LogP contribution is 2.29. The van der Waals surface area contributed by atoms with Crippen molar-refractivity contribution in [1.82, 2.24) is 0 Å². The second kappa shape index (κ2) is 15.9. The molecule has 0 nitrogen and oxygen atoms in total. The monoisotopic (exact) mass is 782 g/mol. The van der Waals surface area contributed by atoms with Crippen LogP contribution in [-0.2, 0) is 10.8 Å². The largest absolute Gasteiger partial charge is 0.179 e. The van der Waals surface area contributed by atoms with Gasteiger partial charge in [0.2, 0.25) is 0 Å². The molecule has 0 N–H and O–H groups in total. The summed E-state index contributed by atoms with van der Waals surface area (Å²) in [7, 11) is -5.47. The van der Waals surface area contributed by atoms with Crippen LogP contribution in [0.15, 0.2) is 218 Å². The average molecular weight is 783 g/mol. The van der Waals surface area contributed by atoms with Gasteiger partial charge in [0.25, 0.3) is 0 Å². The fourth-order valence-electron chi connectivity index (χ4n) is 9.02. The maximum atomic E-state index is 2.53. The first-order valence-corrected chi connectivity index (χ1v) is 24.7. The van der Waals surface area contributed by atoms with E-state index in [1.54, 1.807) is 0 Å². The highest BCUT2D eigenvalue weighted by molar-refractivity contribution is 7.20. The molecule has 58 heavy (non-hydrogen) atoms. The normalized spacial score (nSPS) is 12.3. The third-order valence-electron chi connectivity index (χ3n) is 12.1. The van der Waals surface area contributed by atoms with E-state index in [1.165, 1.54) is 63.7 Å². The molecule has 0 saturated heterocycles. The van der Waals surface area contributed by atoms with Crippen LogP contribution >= 0.6 is 0 Å². The van der Waals surface area contributed by atoms with Crippen molar-refractivity contribution < 1.29 is 0 Å². The summed E-state index contributed by atoms with van der Waals surface area (Å²) in [5.41, 5.74) is 5.21. The van der Waals surface area contributed by atoms with E-state index in [2.05, 4.69) is 260 Å². The van der Waals surface area contributed by atoms with Crippen molar-refractivity contribution in [2.24, 2.45) is 0 Å². The van der Waals surface area contributed by atoms with Gasteiger partial charge in [0.15, 0.2) is 16.1 Å². The Balaban J connectivity index is 1.37. The molecule has 0 aliphatic rings. The first-order valence-electron chi connectivity index (χ1n) is 20.7. The Hall–Kier alpha value is -5.81.